The molecule has 2 aromatic rings. The number of carboxylic acid groups (broad SMARTS) is 1. The van der Waals surface area contributed by atoms with E-state index in [9.17, 15) is 20.1 Å². The van der Waals surface area contributed by atoms with Gasteiger partial charge in [0.15, 0.2) is 6.04 Å². The van der Waals surface area contributed by atoms with Crippen molar-refractivity contribution >= 4 is 11.7 Å². The minimum atomic E-state index is -1.07. The van der Waals surface area contributed by atoms with Gasteiger partial charge in [0.2, 0.25) is 0 Å². The smallest absolute Gasteiger partial charge is 0.328 e. The van der Waals surface area contributed by atoms with Gasteiger partial charge in [-0.15, -0.1) is 0 Å². The Bertz CT molecular complexity index is 665. The van der Waals surface area contributed by atoms with E-state index in [4.69, 9.17) is 0 Å². The van der Waals surface area contributed by atoms with Crippen molar-refractivity contribution in [2.75, 3.05) is 0 Å². The van der Waals surface area contributed by atoms with Gasteiger partial charge in [0.25, 0.3) is 0 Å². The van der Waals surface area contributed by atoms with Gasteiger partial charge in [-0.1, -0.05) is 0 Å². The second-order valence-corrected chi connectivity index (χ2v) is 4.55. The van der Waals surface area contributed by atoms with E-state index in [1.54, 1.807) is 13.1 Å². The molecule has 1 aromatic heterocycles. The van der Waals surface area contributed by atoms with Crippen LogP contribution in [0.4, 0.5) is 0 Å². The van der Waals surface area contributed by atoms with Crippen LogP contribution in [0.2, 0.25) is 0 Å². The molecule has 7 heteroatoms. The molecule has 7 nitrogen and oxygen atoms in total. The van der Waals surface area contributed by atoms with Crippen molar-refractivity contribution in [3.05, 3.63) is 42.0 Å². The summed E-state index contributed by atoms with van der Waals surface area (Å²) in [5.41, 5.74) is 1.41. The average Bonchev–Trinajstić information content (AvgIpc) is 2.90. The van der Waals surface area contributed by atoms with Crippen LogP contribution in [0.15, 0.2) is 35.7 Å². The number of H-pyrrole nitrogens is 1. The fraction of sp³-hybridized carbons (Fsp3) is 0.214. The third-order valence-electron chi connectivity index (χ3n) is 2.97. The van der Waals surface area contributed by atoms with E-state index in [2.05, 4.69) is 15.0 Å². The second kappa shape index (κ2) is 6.08. The van der Waals surface area contributed by atoms with E-state index in [1.165, 1.54) is 24.5 Å². The fourth-order valence-corrected chi connectivity index (χ4v) is 1.92. The van der Waals surface area contributed by atoms with E-state index in [-0.39, 0.29) is 17.9 Å². The zero-order valence-corrected chi connectivity index (χ0v) is 11.3. The molecule has 0 bridgehead atoms. The fourth-order valence-electron chi connectivity index (χ4n) is 1.92. The van der Waals surface area contributed by atoms with E-state index in [0.29, 0.717) is 17.0 Å². The lowest BCUT2D eigenvalue weighted by Crippen LogP contribution is -2.22. The third-order valence-corrected chi connectivity index (χ3v) is 2.97. The van der Waals surface area contributed by atoms with Gasteiger partial charge in [-0.05, 0) is 19.1 Å². The first-order valence-electron chi connectivity index (χ1n) is 6.24. The number of carboxylic acids is 1. The van der Waals surface area contributed by atoms with Crippen LogP contribution in [-0.4, -0.2) is 43.0 Å². The Morgan fingerprint density at radius 3 is 2.76 bits per heavy atom. The predicted molar refractivity (Wildman–Crippen MR) is 75.7 cm³/mol. The third kappa shape index (κ3) is 3.59. The summed E-state index contributed by atoms with van der Waals surface area (Å²) >= 11 is 0. The molecule has 0 radical (unpaired) electrons. The molecule has 1 unspecified atom stereocenters. The molecule has 0 saturated heterocycles. The maximum Gasteiger partial charge on any atom is 0.328 e. The number of nitrogens with zero attached hydrogens (tertiary/aromatic N) is 2. The lowest BCUT2D eigenvalue weighted by molar-refractivity contribution is -0.138. The molecular formula is C14H15N3O4. The number of aliphatic carboxylic acids is 1. The topological polar surface area (TPSA) is 119 Å². The molecule has 0 aliphatic carbocycles. The minimum absolute atomic E-state index is 0.0729. The van der Waals surface area contributed by atoms with Crippen molar-refractivity contribution in [3.8, 4) is 11.5 Å². The number of imidazole rings is 1. The summed E-state index contributed by atoms with van der Waals surface area (Å²) < 4.78 is 0. The molecule has 0 aliphatic rings. The molecule has 0 aliphatic heterocycles. The monoisotopic (exact) mass is 289 g/mol. The molecule has 1 heterocycles. The number of aliphatic imine (C=N–C) groups is 1. The van der Waals surface area contributed by atoms with Crippen molar-refractivity contribution in [1.82, 2.24) is 9.97 Å². The van der Waals surface area contributed by atoms with Gasteiger partial charge in [-0.2, -0.15) is 0 Å². The maximum atomic E-state index is 11.3. The summed E-state index contributed by atoms with van der Waals surface area (Å²) in [6.07, 6.45) is 3.18. The highest BCUT2D eigenvalue weighted by Crippen LogP contribution is 2.23. The van der Waals surface area contributed by atoms with Crippen LogP contribution in [0.25, 0.3) is 0 Å². The zero-order chi connectivity index (χ0) is 15.4. The summed E-state index contributed by atoms with van der Waals surface area (Å²) in [6.45, 7) is 1.61. The van der Waals surface area contributed by atoms with Gasteiger partial charge >= 0.3 is 5.97 Å². The van der Waals surface area contributed by atoms with Gasteiger partial charge in [0.1, 0.15) is 11.5 Å². The highest BCUT2D eigenvalue weighted by molar-refractivity contribution is 6.02. The Labute approximate surface area is 120 Å². The summed E-state index contributed by atoms with van der Waals surface area (Å²) in [5, 5.41) is 28.3. The maximum absolute atomic E-state index is 11.3. The molecule has 0 spiro atoms. The Morgan fingerprint density at radius 1 is 1.43 bits per heavy atom. The second-order valence-electron chi connectivity index (χ2n) is 4.55. The van der Waals surface area contributed by atoms with Crippen LogP contribution in [0.3, 0.4) is 0 Å². The summed E-state index contributed by atoms with van der Waals surface area (Å²) in [6, 6.07) is 3.08. The minimum Gasteiger partial charge on any atom is -0.508 e. The number of benzene rings is 1. The molecule has 0 amide bonds. The highest BCUT2D eigenvalue weighted by Gasteiger charge is 2.19. The van der Waals surface area contributed by atoms with Gasteiger partial charge in [0.05, 0.1) is 6.33 Å². The standard InChI is InChI=1S/C14H15N3O4/c1-8(11-3-2-10(18)5-13(11)19)17-12(14(20)21)4-9-6-15-7-16-9/h2-3,5-7,12,18-19H,4H2,1H3,(H,15,16)(H,20,21). The van der Waals surface area contributed by atoms with E-state index < -0.39 is 12.0 Å². The Balaban J connectivity index is 2.26. The van der Waals surface area contributed by atoms with Crippen LogP contribution < -0.4 is 0 Å². The average molecular weight is 289 g/mol. The van der Waals surface area contributed by atoms with Gasteiger partial charge in [0, 0.05) is 35.7 Å². The Kier molecular flexibility index (Phi) is 4.22. The first-order chi connectivity index (χ1) is 9.97. The number of phenolic OH excluding ortho intramolecular Hbond substituents is 2. The molecule has 0 fully saturated rings. The molecule has 1 atom stereocenters. The molecule has 1 aromatic carbocycles. The number of hydrogen-bond donors (Lipinski definition) is 4. The van der Waals surface area contributed by atoms with Gasteiger partial charge in [-0.3, -0.25) is 4.99 Å². The van der Waals surface area contributed by atoms with Crippen molar-refractivity contribution < 1.29 is 20.1 Å². The molecule has 0 saturated carbocycles. The molecule has 110 valence electrons. The highest BCUT2D eigenvalue weighted by atomic mass is 16.4. The number of aromatic hydroxyl groups is 2. The van der Waals surface area contributed by atoms with Gasteiger partial charge in [-0.25, -0.2) is 9.78 Å². The van der Waals surface area contributed by atoms with E-state index >= 15 is 0 Å². The Hall–Kier alpha value is -2.83. The molecule has 21 heavy (non-hydrogen) atoms. The number of aromatic amines is 1. The first-order valence-corrected chi connectivity index (χ1v) is 6.24. The largest absolute Gasteiger partial charge is 0.508 e. The number of carbonyl (C=O) groups is 1. The van der Waals surface area contributed by atoms with Crippen molar-refractivity contribution in [3.63, 3.8) is 0 Å². The van der Waals surface area contributed by atoms with Crippen molar-refractivity contribution in [2.24, 2.45) is 4.99 Å². The normalized spacial score (nSPS) is 13.1. The number of phenols is 2. The summed E-state index contributed by atoms with van der Waals surface area (Å²) in [5.74, 6) is -1.29. The number of nitrogens with one attached hydrogen (secondary N) is 1. The Morgan fingerprint density at radius 2 is 2.19 bits per heavy atom. The number of aromatic nitrogens is 2. The summed E-state index contributed by atoms with van der Waals surface area (Å²) in [7, 11) is 0. The predicted octanol–water partition coefficient (Wildman–Crippen LogP) is 1.33. The van der Waals surface area contributed by atoms with Crippen LogP contribution >= 0.6 is 0 Å². The summed E-state index contributed by atoms with van der Waals surface area (Å²) in [4.78, 5) is 22.1. The van der Waals surface area contributed by atoms with Crippen LogP contribution in [0, 0.1) is 0 Å². The molecule has 2 rings (SSSR count). The lowest BCUT2D eigenvalue weighted by atomic mass is 10.1. The van der Waals surface area contributed by atoms with Crippen LogP contribution in [0.1, 0.15) is 18.2 Å². The number of hydrogen-bond acceptors (Lipinski definition) is 5. The number of rotatable bonds is 5. The van der Waals surface area contributed by atoms with E-state index in [0.717, 1.165) is 0 Å². The van der Waals surface area contributed by atoms with Gasteiger partial charge < -0.3 is 20.3 Å². The first kappa shape index (κ1) is 14.6. The van der Waals surface area contributed by atoms with Crippen molar-refractivity contribution in [1.29, 1.82) is 0 Å². The van der Waals surface area contributed by atoms with Crippen LogP contribution in [-0.2, 0) is 11.2 Å². The quantitative estimate of drug-likeness (QED) is 0.619. The SMILES string of the molecule is CC(=NC(Cc1cnc[nH]1)C(=O)O)c1ccc(O)cc1O. The van der Waals surface area contributed by atoms with Crippen LogP contribution in [0.5, 0.6) is 11.5 Å². The van der Waals surface area contributed by atoms with E-state index in [1.807, 2.05) is 0 Å². The van der Waals surface area contributed by atoms with Crippen molar-refractivity contribution in [2.45, 2.75) is 19.4 Å². The lowest BCUT2D eigenvalue weighted by Gasteiger charge is -2.10. The molecule has 4 N–H and O–H groups in total. The molecular weight excluding hydrogens is 274 g/mol. The zero-order valence-electron chi connectivity index (χ0n) is 11.3.